The summed E-state index contributed by atoms with van der Waals surface area (Å²) in [6.07, 6.45) is 1.73. The van der Waals surface area contributed by atoms with Gasteiger partial charge in [0.05, 0.1) is 4.47 Å². The van der Waals surface area contributed by atoms with Gasteiger partial charge in [-0.1, -0.05) is 36.4 Å². The highest BCUT2D eigenvalue weighted by atomic mass is 79.9. The second-order valence-corrected chi connectivity index (χ2v) is 5.89. The molecule has 2 aromatic carbocycles. The van der Waals surface area contributed by atoms with Gasteiger partial charge < -0.3 is 10.1 Å². The zero-order valence-corrected chi connectivity index (χ0v) is 14.2. The van der Waals surface area contributed by atoms with Crippen LogP contribution in [0, 0.1) is 6.92 Å². The van der Waals surface area contributed by atoms with E-state index in [0.717, 1.165) is 38.6 Å². The first-order valence-electron chi connectivity index (χ1n) is 6.63. The maximum atomic E-state index is 6.12. The molecule has 0 fully saturated rings. The molecule has 0 atom stereocenters. The zero-order chi connectivity index (χ0) is 15.2. The van der Waals surface area contributed by atoms with Crippen LogP contribution >= 0.6 is 27.5 Å². The molecule has 0 aliphatic carbocycles. The number of anilines is 1. The Bertz CT molecular complexity index is 643. The Labute approximate surface area is 138 Å². The lowest BCUT2D eigenvalue weighted by molar-refractivity contribution is 0.361. The van der Waals surface area contributed by atoms with Crippen molar-refractivity contribution in [2.24, 2.45) is 0 Å². The Morgan fingerprint density at radius 3 is 2.86 bits per heavy atom. The van der Waals surface area contributed by atoms with Crippen LogP contribution in [0.15, 0.2) is 53.5 Å². The Kier molecular flexibility index (Phi) is 5.71. The van der Waals surface area contributed by atoms with Crippen LogP contribution in [-0.2, 0) is 6.54 Å². The van der Waals surface area contributed by atoms with Gasteiger partial charge in [-0.05, 0) is 58.2 Å². The zero-order valence-electron chi connectivity index (χ0n) is 11.8. The van der Waals surface area contributed by atoms with Crippen molar-refractivity contribution in [2.45, 2.75) is 13.5 Å². The van der Waals surface area contributed by atoms with Crippen LogP contribution in [0.1, 0.15) is 11.1 Å². The van der Waals surface area contributed by atoms with Gasteiger partial charge >= 0.3 is 0 Å². The Morgan fingerprint density at radius 1 is 1.33 bits per heavy atom. The lowest BCUT2D eigenvalue weighted by Gasteiger charge is -2.12. The average Bonchev–Trinajstić information content (AvgIpc) is 2.48. The van der Waals surface area contributed by atoms with Gasteiger partial charge in [0.1, 0.15) is 12.4 Å². The molecule has 0 aliphatic heterocycles. The van der Waals surface area contributed by atoms with Crippen molar-refractivity contribution in [3.63, 3.8) is 0 Å². The molecular formula is C17H17BrClNO. The van der Waals surface area contributed by atoms with Gasteiger partial charge in [-0.25, -0.2) is 0 Å². The van der Waals surface area contributed by atoms with Gasteiger partial charge in [0.15, 0.2) is 0 Å². The number of nitrogens with one attached hydrogen (secondary N) is 1. The molecule has 1 N–H and O–H groups in total. The first-order chi connectivity index (χ1) is 10.1. The molecule has 0 aromatic heterocycles. The minimum atomic E-state index is 0.498. The SMILES string of the molecule is C=CCOc1ccc(CNc2cccc(Cl)c2C)cc1Br. The van der Waals surface area contributed by atoms with Crippen molar-refractivity contribution >= 4 is 33.2 Å². The Hall–Kier alpha value is -1.45. The first kappa shape index (κ1) is 15.9. The predicted octanol–water partition coefficient (Wildman–Crippen LogP) is 5.59. The van der Waals surface area contributed by atoms with Gasteiger partial charge in [-0.2, -0.15) is 0 Å². The van der Waals surface area contributed by atoms with E-state index in [4.69, 9.17) is 16.3 Å². The number of hydrogen-bond acceptors (Lipinski definition) is 2. The summed E-state index contributed by atoms with van der Waals surface area (Å²) in [5.74, 6) is 0.817. The van der Waals surface area contributed by atoms with Crippen LogP contribution in [0.5, 0.6) is 5.75 Å². The number of rotatable bonds is 6. The molecular weight excluding hydrogens is 350 g/mol. The van der Waals surface area contributed by atoms with Crippen LogP contribution in [0.3, 0.4) is 0 Å². The second-order valence-electron chi connectivity index (χ2n) is 4.63. The molecule has 110 valence electrons. The van der Waals surface area contributed by atoms with Crippen molar-refractivity contribution in [3.05, 3.63) is 69.7 Å². The Balaban J connectivity index is 2.05. The molecule has 0 saturated carbocycles. The molecule has 0 unspecified atom stereocenters. The predicted molar refractivity (Wildman–Crippen MR) is 93.3 cm³/mol. The Morgan fingerprint density at radius 2 is 2.14 bits per heavy atom. The van der Waals surface area contributed by atoms with E-state index >= 15 is 0 Å². The number of hydrogen-bond donors (Lipinski definition) is 1. The van der Waals surface area contributed by atoms with Crippen molar-refractivity contribution in [1.82, 2.24) is 0 Å². The van der Waals surface area contributed by atoms with Crippen molar-refractivity contribution in [2.75, 3.05) is 11.9 Å². The molecule has 21 heavy (non-hydrogen) atoms. The summed E-state index contributed by atoms with van der Waals surface area (Å²) in [6.45, 7) is 6.87. The lowest BCUT2D eigenvalue weighted by atomic mass is 10.1. The van der Waals surface area contributed by atoms with E-state index in [0.29, 0.717) is 6.61 Å². The van der Waals surface area contributed by atoms with E-state index in [-0.39, 0.29) is 0 Å². The van der Waals surface area contributed by atoms with Crippen molar-refractivity contribution in [1.29, 1.82) is 0 Å². The third-order valence-electron chi connectivity index (χ3n) is 3.10. The van der Waals surface area contributed by atoms with Crippen LogP contribution in [-0.4, -0.2) is 6.61 Å². The average molecular weight is 367 g/mol. The molecule has 0 saturated heterocycles. The highest BCUT2D eigenvalue weighted by molar-refractivity contribution is 9.10. The summed E-state index contributed by atoms with van der Waals surface area (Å²) in [5.41, 5.74) is 3.27. The smallest absolute Gasteiger partial charge is 0.133 e. The molecule has 2 aromatic rings. The molecule has 2 rings (SSSR count). The molecule has 0 bridgehead atoms. The summed E-state index contributed by atoms with van der Waals surface area (Å²) < 4.78 is 6.47. The monoisotopic (exact) mass is 365 g/mol. The van der Waals surface area contributed by atoms with Gasteiger partial charge in [-0.15, -0.1) is 0 Å². The normalized spacial score (nSPS) is 10.2. The highest BCUT2D eigenvalue weighted by Crippen LogP contribution is 2.27. The quantitative estimate of drug-likeness (QED) is 0.673. The van der Waals surface area contributed by atoms with Gasteiger partial charge in [-0.3, -0.25) is 0 Å². The van der Waals surface area contributed by atoms with E-state index < -0.39 is 0 Å². The van der Waals surface area contributed by atoms with Crippen LogP contribution in [0.25, 0.3) is 0 Å². The fourth-order valence-electron chi connectivity index (χ4n) is 1.92. The fraction of sp³-hybridized carbons (Fsp3) is 0.176. The lowest BCUT2D eigenvalue weighted by Crippen LogP contribution is -2.02. The maximum absolute atomic E-state index is 6.12. The summed E-state index contributed by atoms with van der Waals surface area (Å²) in [6, 6.07) is 11.9. The topological polar surface area (TPSA) is 21.3 Å². The number of ether oxygens (including phenoxy) is 1. The second kappa shape index (κ2) is 7.53. The summed E-state index contributed by atoms with van der Waals surface area (Å²) in [5, 5.41) is 4.17. The fourth-order valence-corrected chi connectivity index (χ4v) is 2.63. The molecule has 0 spiro atoms. The number of benzene rings is 2. The van der Waals surface area contributed by atoms with Gasteiger partial charge in [0, 0.05) is 17.3 Å². The molecule has 2 nitrogen and oxygen atoms in total. The minimum Gasteiger partial charge on any atom is -0.488 e. The summed E-state index contributed by atoms with van der Waals surface area (Å²) in [7, 11) is 0. The summed E-state index contributed by atoms with van der Waals surface area (Å²) in [4.78, 5) is 0. The highest BCUT2D eigenvalue weighted by Gasteiger charge is 2.04. The molecule has 0 amide bonds. The van der Waals surface area contributed by atoms with Gasteiger partial charge in [0.2, 0.25) is 0 Å². The van der Waals surface area contributed by atoms with E-state index in [2.05, 4.69) is 27.8 Å². The third-order valence-corrected chi connectivity index (χ3v) is 4.13. The first-order valence-corrected chi connectivity index (χ1v) is 7.80. The van der Waals surface area contributed by atoms with Crippen molar-refractivity contribution < 1.29 is 4.74 Å². The third kappa shape index (κ3) is 4.26. The largest absolute Gasteiger partial charge is 0.488 e. The van der Waals surface area contributed by atoms with Crippen LogP contribution in [0.4, 0.5) is 5.69 Å². The number of halogens is 2. The maximum Gasteiger partial charge on any atom is 0.133 e. The van der Waals surface area contributed by atoms with Crippen LogP contribution in [0.2, 0.25) is 5.02 Å². The van der Waals surface area contributed by atoms with E-state index in [1.54, 1.807) is 6.08 Å². The molecule has 0 radical (unpaired) electrons. The molecule has 0 aliphatic rings. The standard InChI is InChI=1S/C17H17BrClNO/c1-3-9-21-17-8-7-13(10-14(17)18)11-20-16-6-4-5-15(19)12(16)2/h3-8,10,20H,1,9,11H2,2H3. The molecule has 0 heterocycles. The van der Waals surface area contributed by atoms with Gasteiger partial charge in [0.25, 0.3) is 0 Å². The van der Waals surface area contributed by atoms with E-state index in [1.165, 1.54) is 0 Å². The van der Waals surface area contributed by atoms with Crippen molar-refractivity contribution in [3.8, 4) is 5.75 Å². The van der Waals surface area contributed by atoms with Crippen LogP contribution < -0.4 is 10.1 Å². The summed E-state index contributed by atoms with van der Waals surface area (Å²) >= 11 is 9.64. The minimum absolute atomic E-state index is 0.498. The molecule has 4 heteroatoms. The van der Waals surface area contributed by atoms with E-state index in [9.17, 15) is 0 Å². The van der Waals surface area contributed by atoms with E-state index in [1.807, 2.05) is 43.3 Å².